The van der Waals surface area contributed by atoms with E-state index in [1.165, 1.54) is 0 Å². The van der Waals surface area contributed by atoms with Crippen molar-refractivity contribution in [2.24, 2.45) is 0 Å². The van der Waals surface area contributed by atoms with Gasteiger partial charge in [0, 0.05) is 0 Å². The molecule has 0 saturated carbocycles. The summed E-state index contributed by atoms with van der Waals surface area (Å²) in [6, 6.07) is 6.76. The van der Waals surface area contributed by atoms with Crippen LogP contribution in [0.2, 0.25) is 0 Å². The van der Waals surface area contributed by atoms with E-state index in [2.05, 4.69) is 0 Å². The highest BCUT2D eigenvalue weighted by molar-refractivity contribution is 5.90. The Balaban J connectivity index is 2.07. The molecule has 1 atom stereocenters. The molecule has 0 aromatic heterocycles. The summed E-state index contributed by atoms with van der Waals surface area (Å²) in [6.07, 6.45) is 0.618. The molecule has 1 heterocycles. The lowest BCUT2D eigenvalue weighted by molar-refractivity contribution is 0.0392. The Labute approximate surface area is 105 Å². The Bertz CT molecular complexity index is 492. The van der Waals surface area contributed by atoms with Crippen molar-refractivity contribution in [3.63, 3.8) is 0 Å². The number of rotatable bonds is 4. The predicted octanol–water partition coefficient (Wildman–Crippen LogP) is 2.26. The van der Waals surface area contributed by atoms with Crippen LogP contribution in [-0.2, 0) is 4.74 Å². The zero-order valence-electron chi connectivity index (χ0n) is 10.0. The van der Waals surface area contributed by atoms with E-state index in [1.807, 2.05) is 13.0 Å². The highest BCUT2D eigenvalue weighted by Gasteiger charge is 2.19. The molecule has 0 saturated heterocycles. The molecule has 1 aliphatic heterocycles. The van der Waals surface area contributed by atoms with Crippen molar-refractivity contribution in [2.45, 2.75) is 25.9 Å². The summed E-state index contributed by atoms with van der Waals surface area (Å²) >= 11 is 0. The zero-order chi connectivity index (χ0) is 13.0. The first kappa shape index (κ1) is 12.2. The van der Waals surface area contributed by atoms with Crippen molar-refractivity contribution >= 4 is 5.97 Å². The van der Waals surface area contributed by atoms with Crippen LogP contribution in [0.4, 0.5) is 0 Å². The van der Waals surface area contributed by atoms with E-state index < -0.39 is 12.1 Å². The predicted molar refractivity (Wildman–Crippen MR) is 62.3 cm³/mol. The fourth-order valence-electron chi connectivity index (χ4n) is 1.63. The second-order valence-electron chi connectivity index (χ2n) is 3.88. The van der Waals surface area contributed by atoms with Crippen LogP contribution in [0.1, 0.15) is 30.1 Å². The molecule has 0 amide bonds. The Morgan fingerprint density at radius 1 is 1.50 bits per heavy atom. The van der Waals surface area contributed by atoms with Gasteiger partial charge in [0.1, 0.15) is 6.07 Å². The topological polar surface area (TPSA) is 68.5 Å². The van der Waals surface area contributed by atoms with Crippen LogP contribution < -0.4 is 9.47 Å². The van der Waals surface area contributed by atoms with Crippen molar-refractivity contribution in [3.8, 4) is 17.6 Å². The molecule has 18 heavy (non-hydrogen) atoms. The average Bonchev–Trinajstić information content (AvgIpc) is 2.85. The third-order valence-corrected chi connectivity index (χ3v) is 2.55. The number of ether oxygens (including phenoxy) is 3. The van der Waals surface area contributed by atoms with Gasteiger partial charge in [0.05, 0.1) is 5.56 Å². The van der Waals surface area contributed by atoms with E-state index in [-0.39, 0.29) is 6.79 Å². The van der Waals surface area contributed by atoms with Gasteiger partial charge in [-0.2, -0.15) is 5.26 Å². The normalized spacial score (nSPS) is 13.8. The first-order valence-corrected chi connectivity index (χ1v) is 5.75. The molecule has 0 bridgehead atoms. The lowest BCUT2D eigenvalue weighted by Gasteiger charge is -2.09. The van der Waals surface area contributed by atoms with Gasteiger partial charge in [-0.25, -0.2) is 4.79 Å². The Morgan fingerprint density at radius 3 is 3.00 bits per heavy atom. The zero-order valence-corrected chi connectivity index (χ0v) is 10.0. The number of hydrogen-bond acceptors (Lipinski definition) is 5. The lowest BCUT2D eigenvalue weighted by atomic mass is 10.2. The van der Waals surface area contributed by atoms with Crippen LogP contribution in [0.3, 0.4) is 0 Å². The maximum absolute atomic E-state index is 11.8. The van der Waals surface area contributed by atoms with Gasteiger partial charge in [-0.3, -0.25) is 0 Å². The minimum Gasteiger partial charge on any atom is -0.454 e. The fourth-order valence-corrected chi connectivity index (χ4v) is 1.63. The summed E-state index contributed by atoms with van der Waals surface area (Å²) in [5, 5.41) is 8.84. The summed E-state index contributed by atoms with van der Waals surface area (Å²) in [6.45, 7) is 2.09. The van der Waals surface area contributed by atoms with E-state index in [0.717, 1.165) is 6.42 Å². The quantitative estimate of drug-likeness (QED) is 0.763. The van der Waals surface area contributed by atoms with Crippen LogP contribution >= 0.6 is 0 Å². The Kier molecular flexibility index (Phi) is 3.68. The number of nitriles is 1. The second-order valence-corrected chi connectivity index (χ2v) is 3.88. The highest BCUT2D eigenvalue weighted by atomic mass is 16.7. The van der Waals surface area contributed by atoms with Crippen molar-refractivity contribution < 1.29 is 19.0 Å². The molecule has 0 fully saturated rings. The number of carbonyl (C=O) groups excluding carboxylic acids is 1. The number of esters is 1. The third kappa shape index (κ3) is 2.54. The summed E-state index contributed by atoms with van der Waals surface area (Å²) in [4.78, 5) is 11.8. The third-order valence-electron chi connectivity index (χ3n) is 2.55. The van der Waals surface area contributed by atoms with Gasteiger partial charge < -0.3 is 14.2 Å². The minimum absolute atomic E-state index is 0.157. The Morgan fingerprint density at radius 2 is 2.28 bits per heavy atom. The van der Waals surface area contributed by atoms with Gasteiger partial charge in [0.15, 0.2) is 17.6 Å². The highest BCUT2D eigenvalue weighted by Crippen LogP contribution is 2.32. The number of carbonyl (C=O) groups is 1. The largest absolute Gasteiger partial charge is 0.454 e. The van der Waals surface area contributed by atoms with E-state index in [1.54, 1.807) is 18.2 Å². The van der Waals surface area contributed by atoms with Crippen LogP contribution in [0.15, 0.2) is 18.2 Å². The van der Waals surface area contributed by atoms with Crippen molar-refractivity contribution in [1.29, 1.82) is 5.26 Å². The van der Waals surface area contributed by atoms with E-state index in [0.29, 0.717) is 23.5 Å². The molecule has 0 unspecified atom stereocenters. The maximum atomic E-state index is 11.8. The van der Waals surface area contributed by atoms with Gasteiger partial charge in [0.2, 0.25) is 6.79 Å². The summed E-state index contributed by atoms with van der Waals surface area (Å²) in [5.41, 5.74) is 0.357. The standard InChI is InChI=1S/C13H13NO4/c1-2-3-10(7-14)18-13(15)9-4-5-11-12(6-9)17-8-16-11/h4-6,10H,2-3,8H2,1H3/t10-/m1/s1. The number of nitrogens with zero attached hydrogens (tertiary/aromatic N) is 1. The molecular formula is C13H13NO4. The SMILES string of the molecule is CCC[C@H](C#N)OC(=O)c1ccc2c(c1)OCO2. The Hall–Kier alpha value is -2.22. The second kappa shape index (κ2) is 5.41. The average molecular weight is 247 g/mol. The monoisotopic (exact) mass is 247 g/mol. The fraction of sp³-hybridized carbons (Fsp3) is 0.385. The molecular weight excluding hydrogens is 234 g/mol. The van der Waals surface area contributed by atoms with Crippen LogP contribution in [0, 0.1) is 11.3 Å². The number of fused-ring (bicyclic) bond motifs is 1. The molecule has 1 aromatic carbocycles. The summed E-state index contributed by atoms with van der Waals surface area (Å²) in [7, 11) is 0. The molecule has 94 valence electrons. The van der Waals surface area contributed by atoms with Gasteiger partial charge >= 0.3 is 5.97 Å². The molecule has 0 spiro atoms. The molecule has 0 aliphatic carbocycles. The van der Waals surface area contributed by atoms with Crippen molar-refractivity contribution in [2.75, 3.05) is 6.79 Å². The molecule has 5 nitrogen and oxygen atoms in total. The van der Waals surface area contributed by atoms with E-state index >= 15 is 0 Å². The van der Waals surface area contributed by atoms with Crippen molar-refractivity contribution in [3.05, 3.63) is 23.8 Å². The molecule has 1 aliphatic rings. The van der Waals surface area contributed by atoms with E-state index in [9.17, 15) is 4.79 Å². The number of benzene rings is 1. The molecule has 0 N–H and O–H groups in total. The minimum atomic E-state index is -0.701. The van der Waals surface area contributed by atoms with Gasteiger partial charge in [-0.15, -0.1) is 0 Å². The maximum Gasteiger partial charge on any atom is 0.339 e. The van der Waals surface area contributed by atoms with Crippen molar-refractivity contribution in [1.82, 2.24) is 0 Å². The van der Waals surface area contributed by atoms with E-state index in [4.69, 9.17) is 19.5 Å². The molecule has 2 rings (SSSR count). The van der Waals surface area contributed by atoms with Gasteiger partial charge in [-0.05, 0) is 24.6 Å². The summed E-state index contributed by atoms with van der Waals surface area (Å²) < 4.78 is 15.4. The first-order chi connectivity index (χ1) is 8.74. The summed E-state index contributed by atoms with van der Waals surface area (Å²) in [5.74, 6) is 0.610. The van der Waals surface area contributed by atoms with Gasteiger partial charge in [-0.1, -0.05) is 13.3 Å². The van der Waals surface area contributed by atoms with Crippen LogP contribution in [-0.4, -0.2) is 18.9 Å². The molecule has 5 heteroatoms. The molecule has 1 aromatic rings. The number of hydrogen-bond donors (Lipinski definition) is 0. The molecule has 0 radical (unpaired) electrons. The lowest BCUT2D eigenvalue weighted by Crippen LogP contribution is -2.16. The van der Waals surface area contributed by atoms with Gasteiger partial charge in [0.25, 0.3) is 0 Å². The first-order valence-electron chi connectivity index (χ1n) is 5.75. The van der Waals surface area contributed by atoms with Crippen LogP contribution in [0.5, 0.6) is 11.5 Å². The smallest absolute Gasteiger partial charge is 0.339 e. The van der Waals surface area contributed by atoms with Crippen LogP contribution in [0.25, 0.3) is 0 Å².